The molecule has 0 aliphatic carbocycles. The molecule has 3 aromatic rings. The van der Waals surface area contributed by atoms with E-state index in [1.165, 1.54) is 5.69 Å². The minimum Gasteiger partial charge on any atom is -0.497 e. The van der Waals surface area contributed by atoms with E-state index in [1.807, 2.05) is 48.4 Å². The van der Waals surface area contributed by atoms with Crippen molar-refractivity contribution in [3.63, 3.8) is 0 Å². The molecule has 2 aliphatic heterocycles. The molecule has 7 heteroatoms. The number of likely N-dealkylation sites (tertiary alicyclic amines) is 1. The number of pyridine rings is 1. The Bertz CT molecular complexity index is 1130. The van der Waals surface area contributed by atoms with Crippen LogP contribution in [0.15, 0.2) is 54.7 Å². The predicted octanol–water partition coefficient (Wildman–Crippen LogP) is 4.07. The van der Waals surface area contributed by atoms with E-state index in [0.29, 0.717) is 19.0 Å². The molecule has 0 unspecified atom stereocenters. The van der Waals surface area contributed by atoms with Crippen molar-refractivity contribution in [2.24, 2.45) is 0 Å². The summed E-state index contributed by atoms with van der Waals surface area (Å²) in [5, 5.41) is 0. The lowest BCUT2D eigenvalue weighted by Gasteiger charge is -2.37. The average Bonchev–Trinajstić information content (AvgIpc) is 3.42. The molecule has 4 heterocycles. The van der Waals surface area contributed by atoms with Crippen LogP contribution in [0.5, 0.6) is 5.75 Å². The van der Waals surface area contributed by atoms with E-state index in [0.717, 1.165) is 74.0 Å². The van der Waals surface area contributed by atoms with Crippen molar-refractivity contribution in [1.29, 1.82) is 0 Å². The molecule has 2 saturated heterocycles. The number of hydrogen-bond donors (Lipinski definition) is 1. The molecule has 0 atom stereocenters. The van der Waals surface area contributed by atoms with Gasteiger partial charge in [0.25, 0.3) is 5.91 Å². The summed E-state index contributed by atoms with van der Waals surface area (Å²) >= 11 is 0. The summed E-state index contributed by atoms with van der Waals surface area (Å²) in [6, 6.07) is 16.3. The number of rotatable bonds is 6. The number of carbonyl (C=O) groups is 1. The number of benzene rings is 1. The lowest BCUT2D eigenvalue weighted by Crippen LogP contribution is -2.49. The Morgan fingerprint density at radius 3 is 2.54 bits per heavy atom. The molecule has 7 nitrogen and oxygen atoms in total. The highest BCUT2D eigenvalue weighted by Crippen LogP contribution is 2.31. The number of aromatic nitrogens is 2. The molecule has 0 radical (unpaired) electrons. The highest BCUT2D eigenvalue weighted by atomic mass is 16.5. The molecular formula is C28H35N5O2. The van der Waals surface area contributed by atoms with Crippen LogP contribution in [0.4, 0.5) is 5.69 Å². The van der Waals surface area contributed by atoms with E-state index in [4.69, 9.17) is 9.72 Å². The second-order valence-corrected chi connectivity index (χ2v) is 9.61. The van der Waals surface area contributed by atoms with E-state index in [2.05, 4.69) is 33.0 Å². The SMILES string of the molecule is COc1cccc(N2CCN(C(=O)c3ccc(C)nc3C3CCN(Cc4ccc[nH]4)CC3)CC2)c1. The molecule has 1 amide bonds. The van der Waals surface area contributed by atoms with Crippen molar-refractivity contribution in [2.45, 2.75) is 32.2 Å². The van der Waals surface area contributed by atoms with Gasteiger partial charge in [-0.25, -0.2) is 0 Å². The van der Waals surface area contributed by atoms with Crippen LogP contribution < -0.4 is 9.64 Å². The summed E-state index contributed by atoms with van der Waals surface area (Å²) in [6.45, 7) is 8.04. The fraction of sp³-hybridized carbons (Fsp3) is 0.429. The van der Waals surface area contributed by atoms with E-state index in [1.54, 1.807) is 7.11 Å². The van der Waals surface area contributed by atoms with Crippen molar-refractivity contribution >= 4 is 11.6 Å². The number of anilines is 1. The smallest absolute Gasteiger partial charge is 0.255 e. The zero-order valence-corrected chi connectivity index (χ0v) is 20.7. The van der Waals surface area contributed by atoms with Gasteiger partial charge in [0.15, 0.2) is 0 Å². The Balaban J connectivity index is 1.24. The monoisotopic (exact) mass is 473 g/mol. The summed E-state index contributed by atoms with van der Waals surface area (Å²) in [7, 11) is 1.69. The third kappa shape index (κ3) is 5.35. The van der Waals surface area contributed by atoms with E-state index in [9.17, 15) is 4.79 Å². The topological polar surface area (TPSA) is 64.7 Å². The van der Waals surface area contributed by atoms with Gasteiger partial charge < -0.3 is 19.5 Å². The minimum atomic E-state index is 0.117. The molecule has 0 bridgehead atoms. The fourth-order valence-electron chi connectivity index (χ4n) is 5.29. The van der Waals surface area contributed by atoms with Crippen molar-refractivity contribution in [3.05, 3.63) is 77.4 Å². The number of aryl methyl sites for hydroxylation is 1. The van der Waals surface area contributed by atoms with Gasteiger partial charge in [0.05, 0.1) is 18.4 Å². The van der Waals surface area contributed by atoms with Crippen molar-refractivity contribution in [3.8, 4) is 5.75 Å². The van der Waals surface area contributed by atoms with Crippen molar-refractivity contribution in [2.75, 3.05) is 51.3 Å². The third-order valence-electron chi connectivity index (χ3n) is 7.31. The summed E-state index contributed by atoms with van der Waals surface area (Å²) in [4.78, 5) is 28.6. The lowest BCUT2D eigenvalue weighted by atomic mass is 9.89. The molecule has 1 N–H and O–H groups in total. The van der Waals surface area contributed by atoms with Gasteiger partial charge >= 0.3 is 0 Å². The summed E-state index contributed by atoms with van der Waals surface area (Å²) in [6.07, 6.45) is 4.04. The van der Waals surface area contributed by atoms with Gasteiger partial charge in [-0.05, 0) is 69.3 Å². The van der Waals surface area contributed by atoms with E-state index in [-0.39, 0.29) is 5.91 Å². The van der Waals surface area contributed by atoms with Crippen LogP contribution in [0.2, 0.25) is 0 Å². The fourth-order valence-corrected chi connectivity index (χ4v) is 5.29. The molecular weight excluding hydrogens is 438 g/mol. The van der Waals surface area contributed by atoms with Crippen LogP contribution >= 0.6 is 0 Å². The zero-order valence-electron chi connectivity index (χ0n) is 20.7. The molecule has 5 rings (SSSR count). The average molecular weight is 474 g/mol. The molecule has 0 spiro atoms. The lowest BCUT2D eigenvalue weighted by molar-refractivity contribution is 0.0743. The van der Waals surface area contributed by atoms with Crippen molar-refractivity contribution < 1.29 is 9.53 Å². The van der Waals surface area contributed by atoms with E-state index < -0.39 is 0 Å². The number of nitrogens with zero attached hydrogens (tertiary/aromatic N) is 4. The maximum absolute atomic E-state index is 13.6. The van der Waals surface area contributed by atoms with Crippen LogP contribution in [0, 0.1) is 6.92 Å². The van der Waals surface area contributed by atoms with Gasteiger partial charge in [0.1, 0.15) is 5.75 Å². The number of nitrogens with one attached hydrogen (secondary N) is 1. The molecule has 2 fully saturated rings. The van der Waals surface area contributed by atoms with Gasteiger partial charge in [-0.2, -0.15) is 0 Å². The van der Waals surface area contributed by atoms with Gasteiger partial charge in [0, 0.05) is 68.0 Å². The molecule has 0 saturated carbocycles. The van der Waals surface area contributed by atoms with Crippen LogP contribution in [0.1, 0.15) is 46.2 Å². The zero-order chi connectivity index (χ0) is 24.2. The standard InChI is InChI=1S/C28H35N5O2/c1-21-8-9-26(27(30-21)22-10-13-31(14-11-22)20-23-5-4-12-29-23)28(34)33-17-15-32(16-18-33)24-6-3-7-25(19-24)35-2/h3-9,12,19,22,29H,10-11,13-18,20H2,1-2H3. The first-order chi connectivity index (χ1) is 17.1. The van der Waals surface area contributed by atoms with Crippen LogP contribution in [-0.2, 0) is 6.54 Å². The molecule has 2 aliphatic rings. The number of piperidine rings is 1. The van der Waals surface area contributed by atoms with Gasteiger partial charge in [-0.1, -0.05) is 6.07 Å². The summed E-state index contributed by atoms with van der Waals surface area (Å²) in [5.74, 6) is 1.30. The molecule has 1 aromatic carbocycles. The number of piperazine rings is 1. The van der Waals surface area contributed by atoms with Crippen molar-refractivity contribution in [1.82, 2.24) is 19.8 Å². The second kappa shape index (κ2) is 10.5. The Morgan fingerprint density at radius 2 is 1.83 bits per heavy atom. The summed E-state index contributed by atoms with van der Waals surface area (Å²) < 4.78 is 5.37. The van der Waals surface area contributed by atoms with E-state index >= 15 is 0 Å². The largest absolute Gasteiger partial charge is 0.497 e. The second-order valence-electron chi connectivity index (χ2n) is 9.61. The number of H-pyrrole nitrogens is 1. The number of methoxy groups -OCH3 is 1. The molecule has 184 valence electrons. The highest BCUT2D eigenvalue weighted by Gasteiger charge is 2.29. The van der Waals surface area contributed by atoms with Gasteiger partial charge in [0.2, 0.25) is 0 Å². The first kappa shape index (κ1) is 23.4. The summed E-state index contributed by atoms with van der Waals surface area (Å²) in [5.41, 5.74) is 5.15. The molecule has 35 heavy (non-hydrogen) atoms. The first-order valence-electron chi connectivity index (χ1n) is 12.6. The Hall–Kier alpha value is -3.32. The third-order valence-corrected chi connectivity index (χ3v) is 7.31. The first-order valence-corrected chi connectivity index (χ1v) is 12.6. The minimum absolute atomic E-state index is 0.117. The quantitative estimate of drug-likeness (QED) is 0.585. The Kier molecular flexibility index (Phi) is 7.04. The van der Waals surface area contributed by atoms with Crippen LogP contribution in [0.25, 0.3) is 0 Å². The Labute approximate surface area is 207 Å². The van der Waals surface area contributed by atoms with Gasteiger partial charge in [-0.15, -0.1) is 0 Å². The number of aromatic amines is 1. The number of amides is 1. The number of hydrogen-bond acceptors (Lipinski definition) is 5. The normalized spacial score (nSPS) is 17.5. The highest BCUT2D eigenvalue weighted by molar-refractivity contribution is 5.95. The predicted molar refractivity (Wildman–Crippen MR) is 138 cm³/mol. The van der Waals surface area contributed by atoms with Crippen LogP contribution in [0.3, 0.4) is 0 Å². The number of carbonyl (C=O) groups excluding carboxylic acids is 1. The maximum Gasteiger partial charge on any atom is 0.255 e. The van der Waals surface area contributed by atoms with Gasteiger partial charge in [-0.3, -0.25) is 14.7 Å². The Morgan fingerprint density at radius 1 is 1.03 bits per heavy atom. The number of ether oxygens (including phenoxy) is 1. The maximum atomic E-state index is 13.6. The molecule has 2 aromatic heterocycles. The van der Waals surface area contributed by atoms with Crippen LogP contribution in [-0.4, -0.2) is 72.1 Å².